The molecule has 3 saturated carbocycles. The third kappa shape index (κ3) is 70.6. The van der Waals surface area contributed by atoms with Gasteiger partial charge >= 0.3 is 54.9 Å². The normalized spacial score (nSPS) is 14.1. The highest BCUT2D eigenvalue weighted by atomic mass is 19.4. The molecule has 8 amide bonds. The lowest BCUT2D eigenvalue weighted by Crippen LogP contribution is -2.38. The van der Waals surface area contributed by atoms with Gasteiger partial charge < -0.3 is 80.4 Å². The number of hydrogen-bond acceptors (Lipinski definition) is 16. The molecule has 87 heavy (non-hydrogen) atoms. The number of rotatable bonds is 14. The molecule has 516 valence electrons. The summed E-state index contributed by atoms with van der Waals surface area (Å²) in [6, 6.07) is 0.841. The van der Waals surface area contributed by atoms with E-state index in [4.69, 9.17) is 23.7 Å². The Balaban J connectivity index is -0.000000296. The van der Waals surface area contributed by atoms with Crippen LogP contribution in [-0.4, -0.2) is 153 Å². The Hall–Kier alpha value is -6.05. The van der Waals surface area contributed by atoms with Crippen molar-refractivity contribution < 1.29 is 89.4 Å². The van der Waals surface area contributed by atoms with E-state index in [-0.39, 0.29) is 115 Å². The van der Waals surface area contributed by atoms with Gasteiger partial charge in [0.15, 0.2) is 6.10 Å². The minimum absolute atomic E-state index is 0.0428. The molecule has 3 aliphatic rings. The summed E-state index contributed by atoms with van der Waals surface area (Å²) in [5.41, 5.74) is -0.404. The number of halogens is 3. The molecular weight excluding hydrogens is 1150 g/mol. The average Bonchev–Trinajstić information content (AvgIpc) is 3.87. The maximum absolute atomic E-state index is 11.8. The Morgan fingerprint density at radius 2 is 0.644 bits per heavy atom. The minimum Gasteiger partial charge on any atom is -0.453 e. The van der Waals surface area contributed by atoms with Crippen molar-refractivity contribution in [2.45, 2.75) is 327 Å². The van der Waals surface area contributed by atoms with Gasteiger partial charge in [-0.15, -0.1) is 0 Å². The van der Waals surface area contributed by atoms with Crippen molar-refractivity contribution in [2.75, 3.05) is 13.7 Å². The summed E-state index contributed by atoms with van der Waals surface area (Å²) in [4.78, 5) is 86.3. The molecule has 1 unspecified atom stereocenters. The van der Waals surface area contributed by atoms with Gasteiger partial charge in [0, 0.05) is 48.3 Å². The predicted molar refractivity (Wildman–Crippen MR) is 332 cm³/mol. The van der Waals surface area contributed by atoms with Gasteiger partial charge in [-0.25, -0.2) is 38.4 Å². The zero-order valence-corrected chi connectivity index (χ0v) is 57.4. The van der Waals surface area contributed by atoms with Crippen molar-refractivity contribution in [2.24, 2.45) is 0 Å². The molecule has 0 aromatic heterocycles. The molecule has 0 saturated heterocycles. The van der Waals surface area contributed by atoms with Gasteiger partial charge in [0.25, 0.3) is 0 Å². The summed E-state index contributed by atoms with van der Waals surface area (Å²) >= 11 is 0. The minimum atomic E-state index is -4.51. The molecule has 0 spiro atoms. The lowest BCUT2D eigenvalue weighted by atomic mass is 9.96. The van der Waals surface area contributed by atoms with Crippen LogP contribution in [0.1, 0.15) is 236 Å². The van der Waals surface area contributed by atoms with Crippen LogP contribution in [0.4, 0.5) is 51.5 Å². The van der Waals surface area contributed by atoms with E-state index < -0.39 is 24.0 Å². The van der Waals surface area contributed by atoms with Gasteiger partial charge in [0.1, 0.15) is 23.9 Å². The molecule has 3 rings (SSSR count). The van der Waals surface area contributed by atoms with Gasteiger partial charge in [0.2, 0.25) is 0 Å². The van der Waals surface area contributed by atoms with Crippen LogP contribution in [0, 0.1) is 0 Å². The number of hydrogen-bond donors (Lipinski definition) is 8. The lowest BCUT2D eigenvalue weighted by molar-refractivity contribution is -0.197. The van der Waals surface area contributed by atoms with Crippen LogP contribution in [-0.2, 0) is 37.9 Å². The molecule has 3 fully saturated rings. The van der Waals surface area contributed by atoms with Gasteiger partial charge in [-0.05, 0) is 230 Å². The second-order valence-corrected chi connectivity index (χ2v) is 24.1. The Morgan fingerprint density at radius 3 is 0.885 bits per heavy atom. The first-order valence-electron chi connectivity index (χ1n) is 30.6. The first-order chi connectivity index (χ1) is 39.9. The highest BCUT2D eigenvalue weighted by molar-refractivity contribution is 5.70. The summed E-state index contributed by atoms with van der Waals surface area (Å²) in [5.74, 6) is 0. The van der Waals surface area contributed by atoms with Crippen LogP contribution < -0.4 is 42.5 Å². The molecule has 0 heterocycles. The number of carbonyl (C=O) groups excluding carboxylic acids is 8. The van der Waals surface area contributed by atoms with Crippen LogP contribution in [0.25, 0.3) is 0 Å². The molecule has 1 atom stereocenters. The SMILES string of the molecule is CC(C)NC(=O)OC(C)(C)C.CC(C)NC(=O)OC(C)C.CC(C)NC(=O)OC(C)C(F)(F)F.CC(C)NC(=O)OC1CCC1.CC(C)NC(=O)OC1CCCC1.CC(C)NC(=O)OC1CCCCC1.CCOC(=O)NC(C)C.COC(=O)NC(C)C. The molecule has 0 radical (unpaired) electrons. The highest BCUT2D eigenvalue weighted by Crippen LogP contribution is 2.24. The van der Waals surface area contributed by atoms with Gasteiger partial charge in [-0.2, -0.15) is 13.2 Å². The van der Waals surface area contributed by atoms with Crippen LogP contribution in [0.2, 0.25) is 0 Å². The van der Waals surface area contributed by atoms with E-state index >= 15 is 0 Å². The molecule has 8 N–H and O–H groups in total. The number of alkyl halides is 3. The third-order valence-electron chi connectivity index (χ3n) is 9.93. The monoisotopic (exact) mass is 1260 g/mol. The fourth-order valence-corrected chi connectivity index (χ4v) is 6.17. The third-order valence-corrected chi connectivity index (χ3v) is 9.93. The van der Waals surface area contributed by atoms with Crippen LogP contribution in [0.5, 0.6) is 0 Å². The van der Waals surface area contributed by atoms with E-state index in [0.717, 1.165) is 45.4 Å². The summed E-state index contributed by atoms with van der Waals surface area (Å²) in [6.07, 6.45) is 4.08. The van der Waals surface area contributed by atoms with E-state index in [1.54, 1.807) is 20.8 Å². The highest BCUT2D eigenvalue weighted by Gasteiger charge is 2.39. The Kier molecular flexibility index (Phi) is 53.6. The van der Waals surface area contributed by atoms with E-state index in [1.165, 1.54) is 45.6 Å². The van der Waals surface area contributed by atoms with Crippen molar-refractivity contribution in [3.05, 3.63) is 0 Å². The zero-order valence-electron chi connectivity index (χ0n) is 57.4. The van der Waals surface area contributed by atoms with Crippen molar-refractivity contribution in [3.8, 4) is 0 Å². The molecule has 0 bridgehead atoms. The fourth-order valence-electron chi connectivity index (χ4n) is 6.17. The largest absolute Gasteiger partial charge is 0.453 e. The van der Waals surface area contributed by atoms with E-state index in [1.807, 2.05) is 132 Å². The second kappa shape index (κ2) is 51.9. The van der Waals surface area contributed by atoms with Crippen molar-refractivity contribution in [1.82, 2.24) is 42.5 Å². The van der Waals surface area contributed by atoms with Crippen LogP contribution in [0.15, 0.2) is 0 Å². The molecule has 0 aromatic carbocycles. The Morgan fingerprint density at radius 1 is 0.379 bits per heavy atom. The summed E-state index contributed by atoms with van der Waals surface area (Å²) in [7, 11) is 1.34. The summed E-state index contributed by atoms with van der Waals surface area (Å²) < 4.78 is 73.8. The van der Waals surface area contributed by atoms with E-state index in [9.17, 15) is 51.5 Å². The molecule has 0 aliphatic heterocycles. The number of alkyl carbamates (subject to hydrolysis) is 8. The molecular formula is C60H119F3N8O16. The number of nitrogens with one attached hydrogen (secondary N) is 8. The Labute approximate surface area is 519 Å². The van der Waals surface area contributed by atoms with Gasteiger partial charge in [-0.1, -0.05) is 6.42 Å². The second-order valence-electron chi connectivity index (χ2n) is 24.1. The topological polar surface area (TPSA) is 307 Å². The zero-order chi connectivity index (χ0) is 68.6. The molecule has 3 aliphatic carbocycles. The standard InChI is InChI=1S/C10H19NO2.C9H17NO2.C8H15NO2.C8H17NO2.C7H12F3NO2.C7H15NO2.C6H13NO2.C5H11NO2/c1-8(2)11-10(12)13-9-6-4-3-5-7-9;1-7(2)10-9(11)12-8-5-3-4-6-8;1-6(2)9-8(10)11-7-4-3-5-7;1-6(2)9-7(10)11-8(3,4)5;1-4(2)11-6(12)13-5(3)7(8,9)10;1-5(2)8-7(9)10-6(3)4;1-4-9-6(8)7-5(2)3;1-4(2)6-5(7)8-3/h8-9H,3-7H2,1-2H3,(H,11,12);7-8H,3-6H2,1-2H3,(H,10,11);6-7H,3-5H2,1-2H3,(H,9,10);6H,1-5H3,(H,9,10);4-5H,1-3H3,(H,11,12);5-6H,1-4H3,(H,8,9);5H,4H2,1-3H3,(H,7,8);4H,1-3H3,(H,6,7). The summed E-state index contributed by atoms with van der Waals surface area (Å²) in [6.45, 7) is 42.0. The molecule has 24 nitrogen and oxygen atoms in total. The van der Waals surface area contributed by atoms with E-state index in [2.05, 4.69) is 56.7 Å². The summed E-state index contributed by atoms with van der Waals surface area (Å²) in [5, 5.41) is 20.7. The van der Waals surface area contributed by atoms with Gasteiger partial charge in [-0.3, -0.25) is 0 Å². The first kappa shape index (κ1) is 89.7. The average molecular weight is 1270 g/mol. The first-order valence-corrected chi connectivity index (χ1v) is 30.6. The Bertz CT molecular complexity index is 1810. The number of carbonyl (C=O) groups is 8. The van der Waals surface area contributed by atoms with Crippen molar-refractivity contribution in [1.29, 1.82) is 0 Å². The molecule has 0 aromatic rings. The van der Waals surface area contributed by atoms with Crippen LogP contribution >= 0.6 is 0 Å². The number of amides is 8. The van der Waals surface area contributed by atoms with E-state index in [0.29, 0.717) is 6.61 Å². The van der Waals surface area contributed by atoms with Crippen molar-refractivity contribution in [3.63, 3.8) is 0 Å². The smallest absolute Gasteiger partial charge is 0.425 e. The van der Waals surface area contributed by atoms with Crippen molar-refractivity contribution >= 4 is 48.7 Å². The maximum atomic E-state index is 11.8. The van der Waals surface area contributed by atoms with Crippen LogP contribution in [0.3, 0.4) is 0 Å². The molecule has 27 heteroatoms. The fraction of sp³-hybridized carbons (Fsp3) is 0.867. The quantitative estimate of drug-likeness (QED) is 0.0750. The van der Waals surface area contributed by atoms with Gasteiger partial charge in [0.05, 0.1) is 19.8 Å². The number of methoxy groups -OCH3 is 1. The number of ether oxygens (including phenoxy) is 8. The predicted octanol–water partition coefficient (Wildman–Crippen LogP) is 13.6. The maximum Gasteiger partial charge on any atom is 0.425 e. The lowest BCUT2D eigenvalue weighted by Gasteiger charge is -2.25.